The molecule has 0 aromatic heterocycles. The van der Waals surface area contributed by atoms with Crippen molar-refractivity contribution in [3.05, 3.63) is 58.6 Å². The number of amides is 1. The largest absolute Gasteiger partial charge is 0.456 e. The summed E-state index contributed by atoms with van der Waals surface area (Å²) >= 11 is 3.41. The van der Waals surface area contributed by atoms with Gasteiger partial charge in [-0.2, -0.15) is 0 Å². The molecule has 2 rings (SSSR count). The van der Waals surface area contributed by atoms with Crippen molar-refractivity contribution in [1.29, 1.82) is 0 Å². The van der Waals surface area contributed by atoms with Gasteiger partial charge in [-0.1, -0.05) is 34.1 Å². The fourth-order valence-electron chi connectivity index (χ4n) is 2.06. The highest BCUT2D eigenvalue weighted by Crippen LogP contribution is 2.27. The van der Waals surface area contributed by atoms with Gasteiger partial charge in [0, 0.05) is 31.2 Å². The first kappa shape index (κ1) is 21.4. The van der Waals surface area contributed by atoms with Crippen LogP contribution in [-0.4, -0.2) is 39.3 Å². The zero-order valence-corrected chi connectivity index (χ0v) is 16.4. The molecule has 2 aromatic carbocycles. The van der Waals surface area contributed by atoms with E-state index in [0.29, 0.717) is 36.8 Å². The van der Waals surface area contributed by atoms with Crippen LogP contribution in [0.4, 0.5) is 0 Å². The SMILES string of the molecule is COCCNCCNC(=O)c1ccccc1Oc1cccc(Br)c1.Cl. The van der Waals surface area contributed by atoms with Crippen LogP contribution in [0.15, 0.2) is 53.0 Å². The number of carbonyl (C=O) groups excluding carboxylic acids is 1. The Morgan fingerprint density at radius 1 is 1.08 bits per heavy atom. The van der Waals surface area contributed by atoms with Crippen molar-refractivity contribution in [2.45, 2.75) is 0 Å². The number of methoxy groups -OCH3 is 1. The zero-order valence-electron chi connectivity index (χ0n) is 14.0. The molecule has 0 aliphatic rings. The molecule has 0 saturated heterocycles. The molecule has 0 aliphatic heterocycles. The Morgan fingerprint density at radius 3 is 2.64 bits per heavy atom. The van der Waals surface area contributed by atoms with E-state index >= 15 is 0 Å². The van der Waals surface area contributed by atoms with E-state index in [1.54, 1.807) is 19.2 Å². The normalized spacial score (nSPS) is 10.0. The number of rotatable bonds is 9. The van der Waals surface area contributed by atoms with Crippen molar-refractivity contribution in [2.24, 2.45) is 0 Å². The van der Waals surface area contributed by atoms with Gasteiger partial charge < -0.3 is 20.1 Å². The van der Waals surface area contributed by atoms with E-state index in [-0.39, 0.29) is 18.3 Å². The van der Waals surface area contributed by atoms with Crippen LogP contribution in [0.2, 0.25) is 0 Å². The maximum atomic E-state index is 12.4. The minimum Gasteiger partial charge on any atom is -0.456 e. The highest BCUT2D eigenvalue weighted by molar-refractivity contribution is 9.10. The van der Waals surface area contributed by atoms with Crippen molar-refractivity contribution >= 4 is 34.2 Å². The molecule has 2 aromatic rings. The molecule has 2 N–H and O–H groups in total. The zero-order chi connectivity index (χ0) is 17.2. The van der Waals surface area contributed by atoms with Crippen molar-refractivity contribution in [2.75, 3.05) is 33.4 Å². The van der Waals surface area contributed by atoms with Crippen molar-refractivity contribution in [3.63, 3.8) is 0 Å². The van der Waals surface area contributed by atoms with Gasteiger partial charge in [0.2, 0.25) is 0 Å². The number of ether oxygens (including phenoxy) is 2. The molecular weight excluding hydrogens is 408 g/mol. The minimum atomic E-state index is -0.158. The summed E-state index contributed by atoms with van der Waals surface area (Å²) in [7, 11) is 1.66. The summed E-state index contributed by atoms with van der Waals surface area (Å²) in [6, 6.07) is 14.7. The molecule has 0 aliphatic carbocycles. The van der Waals surface area contributed by atoms with Gasteiger partial charge in [0.05, 0.1) is 12.2 Å². The summed E-state index contributed by atoms with van der Waals surface area (Å²) in [5, 5.41) is 6.06. The Labute approximate surface area is 162 Å². The molecule has 1 amide bonds. The highest BCUT2D eigenvalue weighted by Gasteiger charge is 2.12. The topological polar surface area (TPSA) is 59.6 Å². The quantitative estimate of drug-likeness (QED) is 0.598. The third-order valence-corrected chi connectivity index (χ3v) is 3.72. The van der Waals surface area contributed by atoms with Crippen molar-refractivity contribution < 1.29 is 14.3 Å². The van der Waals surface area contributed by atoms with Gasteiger partial charge in [0.15, 0.2) is 0 Å². The second kappa shape index (κ2) is 11.9. The van der Waals surface area contributed by atoms with Gasteiger partial charge in [0.1, 0.15) is 11.5 Å². The summed E-state index contributed by atoms with van der Waals surface area (Å²) in [6.07, 6.45) is 0. The molecule has 0 bridgehead atoms. The second-order valence-corrected chi connectivity index (χ2v) is 5.97. The van der Waals surface area contributed by atoms with Crippen LogP contribution in [0.3, 0.4) is 0 Å². The van der Waals surface area contributed by atoms with Crippen molar-refractivity contribution in [3.8, 4) is 11.5 Å². The monoisotopic (exact) mass is 428 g/mol. The van der Waals surface area contributed by atoms with E-state index < -0.39 is 0 Å². The predicted octanol–water partition coefficient (Wildman–Crippen LogP) is 3.63. The summed E-state index contributed by atoms with van der Waals surface area (Å²) in [5.74, 6) is 1.04. The lowest BCUT2D eigenvalue weighted by Crippen LogP contribution is -2.33. The Bertz CT molecular complexity index is 670. The van der Waals surface area contributed by atoms with Gasteiger partial charge in [-0.05, 0) is 30.3 Å². The van der Waals surface area contributed by atoms with Crippen LogP contribution in [0.5, 0.6) is 11.5 Å². The maximum absolute atomic E-state index is 12.4. The Kier molecular flexibility index (Phi) is 10.2. The molecule has 0 unspecified atom stereocenters. The molecule has 0 fully saturated rings. The summed E-state index contributed by atoms with van der Waals surface area (Å²) in [5.41, 5.74) is 0.509. The lowest BCUT2D eigenvalue weighted by atomic mass is 10.2. The number of hydrogen-bond donors (Lipinski definition) is 2. The van der Waals surface area contributed by atoms with E-state index in [9.17, 15) is 4.79 Å². The van der Waals surface area contributed by atoms with E-state index in [0.717, 1.165) is 11.0 Å². The Hall–Kier alpha value is -1.60. The number of nitrogens with one attached hydrogen (secondary N) is 2. The average Bonchev–Trinajstić information content (AvgIpc) is 2.58. The molecule has 136 valence electrons. The van der Waals surface area contributed by atoms with Gasteiger partial charge >= 0.3 is 0 Å². The molecule has 0 saturated carbocycles. The molecule has 0 radical (unpaired) electrons. The van der Waals surface area contributed by atoms with Gasteiger partial charge in [0.25, 0.3) is 5.91 Å². The average molecular weight is 430 g/mol. The first-order valence-corrected chi connectivity index (χ1v) is 8.50. The molecule has 25 heavy (non-hydrogen) atoms. The molecule has 0 heterocycles. The third kappa shape index (κ3) is 7.44. The number of para-hydroxylation sites is 1. The van der Waals surface area contributed by atoms with Crippen molar-refractivity contribution in [1.82, 2.24) is 10.6 Å². The highest BCUT2D eigenvalue weighted by atomic mass is 79.9. The van der Waals surface area contributed by atoms with E-state index in [1.807, 2.05) is 36.4 Å². The second-order valence-electron chi connectivity index (χ2n) is 5.05. The van der Waals surface area contributed by atoms with E-state index in [2.05, 4.69) is 26.6 Å². The first-order valence-electron chi connectivity index (χ1n) is 7.71. The van der Waals surface area contributed by atoms with Crippen LogP contribution in [0.1, 0.15) is 10.4 Å². The minimum absolute atomic E-state index is 0. The number of hydrogen-bond acceptors (Lipinski definition) is 4. The van der Waals surface area contributed by atoms with Crippen LogP contribution < -0.4 is 15.4 Å². The summed E-state index contributed by atoms with van der Waals surface area (Å²) in [6.45, 7) is 2.63. The fraction of sp³-hybridized carbons (Fsp3) is 0.278. The van der Waals surface area contributed by atoms with E-state index in [4.69, 9.17) is 9.47 Å². The molecular formula is C18H22BrClN2O3. The smallest absolute Gasteiger partial charge is 0.255 e. The van der Waals surface area contributed by atoms with Crippen LogP contribution >= 0.6 is 28.3 Å². The van der Waals surface area contributed by atoms with Gasteiger partial charge in [-0.25, -0.2) is 0 Å². The number of halogens is 2. The predicted molar refractivity (Wildman–Crippen MR) is 105 cm³/mol. The van der Waals surface area contributed by atoms with Crippen LogP contribution in [0.25, 0.3) is 0 Å². The summed E-state index contributed by atoms with van der Waals surface area (Å²) in [4.78, 5) is 12.4. The Morgan fingerprint density at radius 2 is 1.88 bits per heavy atom. The fourth-order valence-corrected chi connectivity index (χ4v) is 2.44. The lowest BCUT2D eigenvalue weighted by Gasteiger charge is -2.12. The first-order chi connectivity index (χ1) is 11.7. The summed E-state index contributed by atoms with van der Waals surface area (Å²) < 4.78 is 11.7. The molecule has 0 atom stereocenters. The molecule has 5 nitrogen and oxygen atoms in total. The molecule has 0 spiro atoms. The lowest BCUT2D eigenvalue weighted by molar-refractivity contribution is 0.0951. The van der Waals surface area contributed by atoms with Crippen LogP contribution in [0, 0.1) is 0 Å². The number of benzene rings is 2. The number of carbonyl (C=O) groups is 1. The Balaban J connectivity index is 0.00000312. The van der Waals surface area contributed by atoms with E-state index in [1.165, 1.54) is 0 Å². The maximum Gasteiger partial charge on any atom is 0.255 e. The van der Waals surface area contributed by atoms with Gasteiger partial charge in [-0.3, -0.25) is 4.79 Å². The third-order valence-electron chi connectivity index (χ3n) is 3.23. The van der Waals surface area contributed by atoms with Crippen LogP contribution in [-0.2, 0) is 4.74 Å². The molecule has 7 heteroatoms. The standard InChI is InChI=1S/C18H21BrN2O3.ClH/c1-23-12-11-20-9-10-21-18(22)16-7-2-3-8-17(16)24-15-6-4-5-14(19)13-15;/h2-8,13,20H,9-12H2,1H3,(H,21,22);1H. The van der Waals surface area contributed by atoms with Gasteiger partial charge in [-0.15, -0.1) is 12.4 Å².